The zero-order valence-electron chi connectivity index (χ0n) is 14.2. The van der Waals surface area contributed by atoms with Crippen LogP contribution in [0, 0.1) is 0 Å². The molecule has 0 saturated heterocycles. The summed E-state index contributed by atoms with van der Waals surface area (Å²) in [5.74, 6) is -0.186. The van der Waals surface area contributed by atoms with Crippen LogP contribution < -0.4 is 10.2 Å². The standard InChI is InChI=1S/C19H18O6/c1-4-12-7-8-14-13(10-12)16(20)18(24-11(2)19(21)22-3)17(25-14)15-6-5-9-23-15/h5-11H,4H2,1-3H3/t11-/m1/s1. The van der Waals surface area contributed by atoms with Crippen molar-refractivity contribution in [2.24, 2.45) is 0 Å². The van der Waals surface area contributed by atoms with Crippen LogP contribution >= 0.6 is 0 Å². The molecule has 0 unspecified atom stereocenters. The number of esters is 1. The first-order valence-corrected chi connectivity index (χ1v) is 7.93. The van der Waals surface area contributed by atoms with Gasteiger partial charge in [0.2, 0.25) is 16.9 Å². The van der Waals surface area contributed by atoms with Crippen LogP contribution in [0.5, 0.6) is 5.75 Å². The Bertz CT molecular complexity index is 952. The minimum Gasteiger partial charge on any atom is -0.471 e. The number of hydrogen-bond acceptors (Lipinski definition) is 6. The van der Waals surface area contributed by atoms with Crippen molar-refractivity contribution in [2.45, 2.75) is 26.4 Å². The van der Waals surface area contributed by atoms with Crippen molar-refractivity contribution in [1.29, 1.82) is 0 Å². The van der Waals surface area contributed by atoms with Gasteiger partial charge in [0.05, 0.1) is 18.8 Å². The molecule has 2 aromatic heterocycles. The summed E-state index contributed by atoms with van der Waals surface area (Å²) in [6.07, 6.45) is 1.28. The van der Waals surface area contributed by atoms with E-state index in [-0.39, 0.29) is 16.9 Å². The Labute approximate surface area is 144 Å². The number of hydrogen-bond donors (Lipinski definition) is 0. The number of carbonyl (C=O) groups excluding carboxylic acids is 1. The number of furan rings is 1. The second kappa shape index (κ2) is 6.84. The predicted molar refractivity (Wildman–Crippen MR) is 91.7 cm³/mol. The Morgan fingerprint density at radius 1 is 1.28 bits per heavy atom. The van der Waals surface area contributed by atoms with E-state index >= 15 is 0 Å². The van der Waals surface area contributed by atoms with E-state index in [2.05, 4.69) is 4.74 Å². The molecule has 3 rings (SSSR count). The zero-order valence-corrected chi connectivity index (χ0v) is 14.2. The van der Waals surface area contributed by atoms with Gasteiger partial charge in [0, 0.05) is 0 Å². The summed E-state index contributed by atoms with van der Waals surface area (Å²) in [5, 5.41) is 0.390. The van der Waals surface area contributed by atoms with Crippen LogP contribution in [-0.2, 0) is 16.0 Å². The van der Waals surface area contributed by atoms with E-state index in [1.165, 1.54) is 20.3 Å². The highest BCUT2D eigenvalue weighted by atomic mass is 16.6. The van der Waals surface area contributed by atoms with Crippen LogP contribution in [0.2, 0.25) is 0 Å². The summed E-state index contributed by atoms with van der Waals surface area (Å²) in [5.41, 5.74) is 1.06. The average Bonchev–Trinajstić information content (AvgIpc) is 3.17. The van der Waals surface area contributed by atoms with E-state index in [1.807, 2.05) is 13.0 Å². The van der Waals surface area contributed by atoms with E-state index in [1.54, 1.807) is 24.3 Å². The molecule has 25 heavy (non-hydrogen) atoms. The third-order valence-electron chi connectivity index (χ3n) is 3.89. The molecule has 0 aliphatic carbocycles. The molecule has 0 amide bonds. The van der Waals surface area contributed by atoms with Crippen molar-refractivity contribution in [1.82, 2.24) is 0 Å². The van der Waals surface area contributed by atoms with Crippen LogP contribution in [0.1, 0.15) is 19.4 Å². The van der Waals surface area contributed by atoms with Crippen molar-refractivity contribution in [3.63, 3.8) is 0 Å². The number of rotatable bonds is 5. The third kappa shape index (κ3) is 3.15. The van der Waals surface area contributed by atoms with E-state index in [0.717, 1.165) is 12.0 Å². The number of carbonyl (C=O) groups is 1. The fourth-order valence-corrected chi connectivity index (χ4v) is 2.51. The van der Waals surface area contributed by atoms with Gasteiger partial charge in [-0.3, -0.25) is 4.79 Å². The minimum atomic E-state index is -0.964. The molecule has 0 radical (unpaired) electrons. The molecule has 1 atom stereocenters. The van der Waals surface area contributed by atoms with Gasteiger partial charge in [0.1, 0.15) is 5.58 Å². The summed E-state index contributed by atoms with van der Waals surface area (Å²) in [6, 6.07) is 8.74. The molecule has 3 aromatic rings. The maximum atomic E-state index is 13.0. The van der Waals surface area contributed by atoms with Gasteiger partial charge in [-0.2, -0.15) is 0 Å². The molecule has 6 nitrogen and oxygen atoms in total. The molecule has 0 aliphatic rings. The van der Waals surface area contributed by atoms with Crippen LogP contribution in [0.3, 0.4) is 0 Å². The van der Waals surface area contributed by atoms with Gasteiger partial charge in [-0.15, -0.1) is 0 Å². The second-order valence-electron chi connectivity index (χ2n) is 5.53. The van der Waals surface area contributed by atoms with Gasteiger partial charge in [-0.05, 0) is 43.2 Å². The molecule has 0 fully saturated rings. The summed E-state index contributed by atoms with van der Waals surface area (Å²) >= 11 is 0. The number of ether oxygens (including phenoxy) is 2. The van der Waals surface area contributed by atoms with Gasteiger partial charge in [-0.1, -0.05) is 13.0 Å². The Kier molecular flexibility index (Phi) is 4.61. The first-order valence-electron chi connectivity index (χ1n) is 7.93. The molecule has 0 spiro atoms. The van der Waals surface area contributed by atoms with E-state index in [0.29, 0.717) is 16.7 Å². The van der Waals surface area contributed by atoms with Gasteiger partial charge in [-0.25, -0.2) is 4.79 Å². The smallest absolute Gasteiger partial charge is 0.346 e. The first kappa shape index (κ1) is 16.8. The molecule has 1 aromatic carbocycles. The van der Waals surface area contributed by atoms with Crippen molar-refractivity contribution >= 4 is 16.9 Å². The normalized spacial score (nSPS) is 12.1. The number of methoxy groups -OCH3 is 1. The van der Waals surface area contributed by atoms with Crippen LogP contribution in [0.4, 0.5) is 0 Å². The van der Waals surface area contributed by atoms with Gasteiger partial charge in [0.25, 0.3) is 0 Å². The summed E-state index contributed by atoms with van der Waals surface area (Å²) in [6.45, 7) is 3.50. The van der Waals surface area contributed by atoms with Crippen molar-refractivity contribution < 1.29 is 23.1 Å². The highest BCUT2D eigenvalue weighted by molar-refractivity contribution is 5.82. The second-order valence-corrected chi connectivity index (χ2v) is 5.53. The Morgan fingerprint density at radius 3 is 2.72 bits per heavy atom. The van der Waals surface area contributed by atoms with Crippen LogP contribution in [0.15, 0.2) is 50.2 Å². The molecular weight excluding hydrogens is 324 g/mol. The van der Waals surface area contributed by atoms with Crippen molar-refractivity contribution in [2.75, 3.05) is 7.11 Å². The molecule has 2 heterocycles. The van der Waals surface area contributed by atoms with Gasteiger partial charge < -0.3 is 18.3 Å². The molecule has 6 heteroatoms. The third-order valence-corrected chi connectivity index (χ3v) is 3.89. The Hall–Kier alpha value is -3.02. The highest BCUT2D eigenvalue weighted by Gasteiger charge is 2.24. The quantitative estimate of drug-likeness (QED) is 0.660. The fourth-order valence-electron chi connectivity index (χ4n) is 2.51. The van der Waals surface area contributed by atoms with Crippen LogP contribution in [0.25, 0.3) is 22.5 Å². The number of fused-ring (bicyclic) bond motifs is 1. The minimum absolute atomic E-state index is 0.0754. The zero-order chi connectivity index (χ0) is 18.0. The van der Waals surface area contributed by atoms with Crippen LogP contribution in [-0.4, -0.2) is 19.2 Å². The molecule has 130 valence electrons. The topological polar surface area (TPSA) is 78.9 Å². The average molecular weight is 342 g/mol. The monoisotopic (exact) mass is 342 g/mol. The lowest BCUT2D eigenvalue weighted by molar-refractivity contribution is -0.147. The molecule has 0 aliphatic heterocycles. The predicted octanol–water partition coefficient (Wildman–Crippen LogP) is 3.56. The lowest BCUT2D eigenvalue weighted by atomic mass is 10.1. The first-order chi connectivity index (χ1) is 12.0. The summed E-state index contributed by atoms with van der Waals surface area (Å²) in [7, 11) is 1.26. The lowest BCUT2D eigenvalue weighted by Gasteiger charge is -2.14. The number of benzene rings is 1. The molecule has 0 bridgehead atoms. The lowest BCUT2D eigenvalue weighted by Crippen LogP contribution is -2.27. The van der Waals surface area contributed by atoms with E-state index in [9.17, 15) is 9.59 Å². The van der Waals surface area contributed by atoms with Crippen molar-refractivity contribution in [3.8, 4) is 17.3 Å². The SMILES string of the molecule is CCc1ccc2oc(-c3ccco3)c(O[C@H](C)C(=O)OC)c(=O)c2c1. The van der Waals surface area contributed by atoms with E-state index in [4.69, 9.17) is 13.6 Å². The summed E-state index contributed by atoms with van der Waals surface area (Å²) in [4.78, 5) is 24.7. The van der Waals surface area contributed by atoms with Gasteiger partial charge in [0.15, 0.2) is 11.9 Å². The van der Waals surface area contributed by atoms with E-state index < -0.39 is 12.1 Å². The molecule has 0 saturated carbocycles. The van der Waals surface area contributed by atoms with Gasteiger partial charge >= 0.3 is 5.97 Å². The Morgan fingerprint density at radius 2 is 2.08 bits per heavy atom. The maximum Gasteiger partial charge on any atom is 0.346 e. The number of aryl methyl sites for hydroxylation is 1. The van der Waals surface area contributed by atoms with Crippen molar-refractivity contribution in [3.05, 3.63) is 52.4 Å². The highest BCUT2D eigenvalue weighted by Crippen LogP contribution is 2.32. The largest absolute Gasteiger partial charge is 0.471 e. The molecule has 0 N–H and O–H groups in total. The Balaban J connectivity index is 2.23. The summed E-state index contributed by atoms with van der Waals surface area (Å²) < 4.78 is 21.5. The maximum absolute atomic E-state index is 13.0. The fraction of sp³-hybridized carbons (Fsp3) is 0.263. The molecular formula is C19H18O6.